The number of non-ortho nitro benzene ring substituents is 1. The minimum absolute atomic E-state index is 0.00947. The van der Waals surface area contributed by atoms with Crippen LogP contribution in [0.15, 0.2) is 34.8 Å². The first-order valence-corrected chi connectivity index (χ1v) is 8.75. The molecule has 0 aliphatic rings. The van der Waals surface area contributed by atoms with Crippen LogP contribution in [0.5, 0.6) is 0 Å². The van der Waals surface area contributed by atoms with Gasteiger partial charge in [-0.25, -0.2) is 9.67 Å². The lowest BCUT2D eigenvalue weighted by molar-refractivity contribution is -0.384. The normalized spacial score (nSPS) is 10.6. The Kier molecular flexibility index (Phi) is 5.00. The summed E-state index contributed by atoms with van der Waals surface area (Å²) in [6.07, 6.45) is 0. The van der Waals surface area contributed by atoms with Crippen LogP contribution in [0.1, 0.15) is 0 Å². The van der Waals surface area contributed by atoms with Crippen molar-refractivity contribution in [3.63, 3.8) is 0 Å². The highest BCUT2D eigenvalue weighted by molar-refractivity contribution is 7.99. The molecule has 0 saturated heterocycles. The van der Waals surface area contributed by atoms with Gasteiger partial charge in [-0.2, -0.15) is 0 Å². The number of nitrogens with zero attached hydrogens (tertiary/aromatic N) is 6. The number of hydrogen-bond acceptors (Lipinski definition) is 9. The van der Waals surface area contributed by atoms with Gasteiger partial charge < -0.3 is 5.32 Å². The van der Waals surface area contributed by atoms with Crippen molar-refractivity contribution >= 4 is 39.8 Å². The number of aryl methyl sites for hydroxylation is 1. The van der Waals surface area contributed by atoms with Crippen LogP contribution in [0.3, 0.4) is 0 Å². The molecule has 25 heavy (non-hydrogen) atoms. The second-order valence-electron chi connectivity index (χ2n) is 4.77. The third kappa shape index (κ3) is 4.16. The topological polar surface area (TPSA) is 129 Å². The summed E-state index contributed by atoms with van der Waals surface area (Å²) in [4.78, 5) is 26.6. The molecule has 0 saturated carbocycles. The number of benzene rings is 1. The largest absolute Gasteiger partial charge is 0.301 e. The van der Waals surface area contributed by atoms with Crippen LogP contribution in [0.25, 0.3) is 11.3 Å². The van der Waals surface area contributed by atoms with Gasteiger partial charge in [0.05, 0.1) is 16.4 Å². The fraction of sp³-hybridized carbons (Fsp3) is 0.154. The maximum Gasteiger partial charge on any atom is 0.270 e. The summed E-state index contributed by atoms with van der Waals surface area (Å²) in [5.41, 5.74) is 1.17. The molecule has 0 aliphatic heterocycles. The molecular formula is C13H11N7O3S2. The Morgan fingerprint density at radius 1 is 1.48 bits per heavy atom. The van der Waals surface area contributed by atoms with Crippen LogP contribution < -0.4 is 5.32 Å². The van der Waals surface area contributed by atoms with Gasteiger partial charge >= 0.3 is 0 Å². The Balaban J connectivity index is 1.63. The van der Waals surface area contributed by atoms with Crippen LogP contribution in [-0.2, 0) is 11.8 Å². The van der Waals surface area contributed by atoms with Crippen molar-refractivity contribution in [1.82, 2.24) is 25.2 Å². The van der Waals surface area contributed by atoms with Crippen molar-refractivity contribution in [2.45, 2.75) is 5.16 Å². The van der Waals surface area contributed by atoms with E-state index < -0.39 is 4.92 Å². The lowest BCUT2D eigenvalue weighted by Crippen LogP contribution is -2.14. The first-order valence-electron chi connectivity index (χ1n) is 6.88. The fourth-order valence-corrected chi connectivity index (χ4v) is 3.26. The number of tetrazole rings is 1. The number of thioether (sulfide) groups is 1. The molecule has 3 rings (SSSR count). The summed E-state index contributed by atoms with van der Waals surface area (Å²) < 4.78 is 1.47. The second kappa shape index (κ2) is 7.36. The van der Waals surface area contributed by atoms with Crippen LogP contribution in [0.4, 0.5) is 10.8 Å². The van der Waals surface area contributed by atoms with E-state index in [1.54, 1.807) is 24.6 Å². The minimum atomic E-state index is -0.461. The number of thiazole rings is 1. The van der Waals surface area contributed by atoms with Crippen LogP contribution in [0, 0.1) is 10.1 Å². The van der Waals surface area contributed by atoms with Gasteiger partial charge in [-0.1, -0.05) is 23.9 Å². The quantitative estimate of drug-likeness (QED) is 0.392. The number of hydrogen-bond donors (Lipinski definition) is 1. The molecule has 0 atom stereocenters. The highest BCUT2D eigenvalue weighted by Crippen LogP contribution is 2.27. The molecule has 3 aromatic rings. The molecular weight excluding hydrogens is 366 g/mol. The molecule has 0 unspecified atom stereocenters. The number of carbonyl (C=O) groups is 1. The molecule has 0 bridgehead atoms. The molecule has 12 heteroatoms. The van der Waals surface area contributed by atoms with Gasteiger partial charge in [0.15, 0.2) is 5.13 Å². The maximum atomic E-state index is 12.0. The van der Waals surface area contributed by atoms with E-state index in [0.717, 1.165) is 0 Å². The number of rotatable bonds is 6. The van der Waals surface area contributed by atoms with Gasteiger partial charge in [-0.3, -0.25) is 14.9 Å². The molecule has 2 aromatic heterocycles. The van der Waals surface area contributed by atoms with Gasteiger partial charge in [0.2, 0.25) is 11.1 Å². The van der Waals surface area contributed by atoms with Crippen molar-refractivity contribution in [3.05, 3.63) is 39.8 Å². The van der Waals surface area contributed by atoms with Gasteiger partial charge in [0.1, 0.15) is 0 Å². The third-order valence-electron chi connectivity index (χ3n) is 3.02. The lowest BCUT2D eigenvalue weighted by Gasteiger charge is -2.01. The monoisotopic (exact) mass is 377 g/mol. The summed E-state index contributed by atoms with van der Waals surface area (Å²) in [5.74, 6) is -0.104. The van der Waals surface area contributed by atoms with Gasteiger partial charge in [-0.15, -0.1) is 16.4 Å². The highest BCUT2D eigenvalue weighted by Gasteiger charge is 2.12. The Hall–Kier alpha value is -2.86. The van der Waals surface area contributed by atoms with E-state index in [9.17, 15) is 14.9 Å². The Labute approximate surface area is 149 Å². The van der Waals surface area contributed by atoms with Crippen molar-refractivity contribution in [2.24, 2.45) is 7.05 Å². The van der Waals surface area contributed by atoms with Crippen molar-refractivity contribution < 1.29 is 9.72 Å². The molecule has 10 nitrogen and oxygen atoms in total. The Bertz CT molecular complexity index is 924. The summed E-state index contributed by atoms with van der Waals surface area (Å²) in [7, 11) is 1.69. The summed E-state index contributed by atoms with van der Waals surface area (Å²) in [6, 6.07) is 6.18. The fourth-order valence-electron chi connectivity index (χ4n) is 1.87. The number of nitro groups is 1. The minimum Gasteiger partial charge on any atom is -0.301 e. The Morgan fingerprint density at radius 3 is 3.04 bits per heavy atom. The predicted molar refractivity (Wildman–Crippen MR) is 92.4 cm³/mol. The second-order valence-corrected chi connectivity index (χ2v) is 6.57. The number of nitro benzene ring substituents is 1. The van der Waals surface area contributed by atoms with Crippen molar-refractivity contribution in [3.8, 4) is 11.3 Å². The molecule has 128 valence electrons. The maximum absolute atomic E-state index is 12.0. The predicted octanol–water partition coefficient (Wildman–Crippen LogP) is 1.97. The SMILES string of the molecule is Cn1nnnc1SCC(=O)Nc1nc(-c2cccc([N+](=O)[O-])c2)cs1. The van der Waals surface area contributed by atoms with E-state index in [0.29, 0.717) is 21.5 Å². The van der Waals surface area contributed by atoms with Gasteiger partial charge in [0.25, 0.3) is 5.69 Å². The number of amides is 1. The molecule has 1 aromatic carbocycles. The standard InChI is InChI=1S/C13H11N7O3S2/c1-19-13(16-17-18-19)25-7-11(21)15-12-14-10(6-24-12)8-3-2-4-9(5-8)20(22)23/h2-6H,7H2,1H3,(H,14,15,21). The molecule has 1 amide bonds. The number of nitrogens with one attached hydrogen (secondary N) is 1. The van der Waals surface area contributed by atoms with E-state index in [4.69, 9.17) is 0 Å². The average molecular weight is 377 g/mol. The zero-order chi connectivity index (χ0) is 17.8. The van der Waals surface area contributed by atoms with Crippen molar-refractivity contribution in [2.75, 3.05) is 11.1 Å². The average Bonchev–Trinajstić information content (AvgIpc) is 3.22. The molecule has 1 N–H and O–H groups in total. The molecule has 0 fully saturated rings. The van der Waals surface area contributed by atoms with Crippen LogP contribution in [-0.4, -0.2) is 41.8 Å². The van der Waals surface area contributed by atoms with Crippen molar-refractivity contribution in [1.29, 1.82) is 0 Å². The van der Waals surface area contributed by atoms with E-state index >= 15 is 0 Å². The van der Waals surface area contributed by atoms with E-state index in [1.165, 1.54) is 39.9 Å². The van der Waals surface area contributed by atoms with E-state index in [-0.39, 0.29) is 17.3 Å². The zero-order valence-electron chi connectivity index (χ0n) is 12.8. The summed E-state index contributed by atoms with van der Waals surface area (Å²) in [5, 5.41) is 27.2. The number of anilines is 1. The molecule has 0 aliphatic carbocycles. The molecule has 0 radical (unpaired) electrons. The number of aromatic nitrogens is 5. The Morgan fingerprint density at radius 2 is 2.32 bits per heavy atom. The highest BCUT2D eigenvalue weighted by atomic mass is 32.2. The third-order valence-corrected chi connectivity index (χ3v) is 4.79. The van der Waals surface area contributed by atoms with Gasteiger partial charge in [0, 0.05) is 30.1 Å². The van der Waals surface area contributed by atoms with Gasteiger partial charge in [-0.05, 0) is 10.4 Å². The number of carbonyl (C=O) groups excluding carboxylic acids is 1. The first-order chi connectivity index (χ1) is 12.0. The van der Waals surface area contributed by atoms with E-state index in [2.05, 4.69) is 25.8 Å². The molecule has 2 heterocycles. The first kappa shape index (κ1) is 17.0. The summed E-state index contributed by atoms with van der Waals surface area (Å²) >= 11 is 2.45. The van der Waals surface area contributed by atoms with Crippen LogP contribution >= 0.6 is 23.1 Å². The lowest BCUT2D eigenvalue weighted by atomic mass is 10.1. The zero-order valence-corrected chi connectivity index (χ0v) is 14.5. The molecule has 0 spiro atoms. The smallest absolute Gasteiger partial charge is 0.270 e. The summed E-state index contributed by atoms with van der Waals surface area (Å²) in [6.45, 7) is 0. The van der Waals surface area contributed by atoms with E-state index in [1.807, 2.05) is 0 Å². The van der Waals surface area contributed by atoms with Crippen LogP contribution in [0.2, 0.25) is 0 Å².